The molecule has 1 heterocycles. The quantitative estimate of drug-likeness (QED) is 0.435. The van der Waals surface area contributed by atoms with Gasteiger partial charge in [0.2, 0.25) is 5.91 Å². The highest BCUT2D eigenvalue weighted by Crippen LogP contribution is 2.30. The monoisotopic (exact) mass is 481 g/mol. The van der Waals surface area contributed by atoms with E-state index in [1.165, 1.54) is 13.3 Å². The number of carbonyl (C=O) groups is 2. The Morgan fingerprint density at radius 3 is 2.77 bits per heavy atom. The van der Waals surface area contributed by atoms with E-state index in [0.29, 0.717) is 27.1 Å². The number of rotatable bonds is 8. The zero-order chi connectivity index (χ0) is 22.4. The van der Waals surface area contributed by atoms with E-state index in [9.17, 15) is 9.59 Å². The Morgan fingerprint density at radius 2 is 2.06 bits per heavy atom. The zero-order valence-corrected chi connectivity index (χ0v) is 18.5. The van der Waals surface area contributed by atoms with Crippen molar-refractivity contribution in [2.45, 2.75) is 18.3 Å². The molecule has 1 saturated heterocycles. The molecule has 1 atom stereocenters. The lowest BCUT2D eigenvalue weighted by Gasteiger charge is -2.12. The Labute approximate surface area is 192 Å². The van der Waals surface area contributed by atoms with Crippen molar-refractivity contribution in [3.63, 3.8) is 0 Å². The van der Waals surface area contributed by atoms with Crippen LogP contribution in [0.15, 0.2) is 46.6 Å². The molecule has 0 aliphatic carbocycles. The van der Waals surface area contributed by atoms with Crippen molar-refractivity contribution < 1.29 is 24.2 Å². The lowest BCUT2D eigenvalue weighted by molar-refractivity contribution is -0.138. The van der Waals surface area contributed by atoms with Crippen LogP contribution >= 0.6 is 35.0 Å². The third kappa shape index (κ3) is 6.36. The Balaban J connectivity index is 1.68. The largest absolute Gasteiger partial charge is 0.493 e. The van der Waals surface area contributed by atoms with Crippen LogP contribution in [0, 0.1) is 0 Å². The van der Waals surface area contributed by atoms with Gasteiger partial charge in [0, 0.05) is 15.6 Å². The standard InChI is InChI=1S/C20H17Cl2N3O5S/c1-29-15-5-2-11(6-16(15)30-10-12-3-4-13(21)7-14(12)22)9-23-25-20-24-19(28)17(31-20)8-18(26)27/h2-7,9,17H,8,10H2,1H3,(H,26,27)(H,24,25,28)/b23-9+. The van der Waals surface area contributed by atoms with Crippen molar-refractivity contribution >= 4 is 58.2 Å². The van der Waals surface area contributed by atoms with E-state index >= 15 is 0 Å². The number of hydrogen-bond donors (Lipinski definition) is 2. The summed E-state index contributed by atoms with van der Waals surface area (Å²) in [6, 6.07) is 10.4. The Hall–Kier alpha value is -2.75. The molecule has 0 spiro atoms. The van der Waals surface area contributed by atoms with Crippen LogP contribution in [0.25, 0.3) is 0 Å². The molecule has 1 unspecified atom stereocenters. The third-order valence-corrected chi connectivity index (χ3v) is 5.74. The molecule has 0 bridgehead atoms. The summed E-state index contributed by atoms with van der Waals surface area (Å²) < 4.78 is 11.2. The minimum absolute atomic E-state index is 0.211. The fourth-order valence-corrected chi connectivity index (χ4v) is 3.95. The molecule has 1 aliphatic heterocycles. The molecule has 3 rings (SSSR count). The second kappa shape index (κ2) is 10.5. The van der Waals surface area contributed by atoms with Gasteiger partial charge < -0.3 is 19.9 Å². The molecule has 2 N–H and O–H groups in total. The number of amides is 1. The zero-order valence-electron chi connectivity index (χ0n) is 16.2. The van der Waals surface area contributed by atoms with Crippen molar-refractivity contribution in [1.82, 2.24) is 5.32 Å². The minimum Gasteiger partial charge on any atom is -0.493 e. The number of aliphatic carboxylic acids is 1. The Bertz CT molecular complexity index is 1060. The molecule has 2 aromatic rings. The molecule has 0 aromatic heterocycles. The third-order valence-electron chi connectivity index (χ3n) is 4.08. The average Bonchev–Trinajstić information content (AvgIpc) is 3.06. The summed E-state index contributed by atoms with van der Waals surface area (Å²) in [5, 5.41) is 19.8. The Morgan fingerprint density at radius 1 is 1.26 bits per heavy atom. The predicted octanol–water partition coefficient (Wildman–Crippen LogP) is 3.98. The summed E-state index contributed by atoms with van der Waals surface area (Å²) >= 11 is 13.1. The van der Waals surface area contributed by atoms with Gasteiger partial charge in [-0.15, -0.1) is 5.10 Å². The second-order valence-electron chi connectivity index (χ2n) is 6.28. The number of benzene rings is 2. The van der Waals surface area contributed by atoms with Crippen LogP contribution in [0.2, 0.25) is 10.0 Å². The summed E-state index contributed by atoms with van der Waals surface area (Å²) in [6.45, 7) is 0.211. The van der Waals surface area contributed by atoms with Crippen LogP contribution in [0.3, 0.4) is 0 Å². The number of hydrogen-bond acceptors (Lipinski definition) is 7. The summed E-state index contributed by atoms with van der Waals surface area (Å²) in [7, 11) is 1.53. The van der Waals surface area contributed by atoms with Crippen molar-refractivity contribution in [3.05, 3.63) is 57.6 Å². The van der Waals surface area contributed by atoms with E-state index in [0.717, 1.165) is 17.3 Å². The average molecular weight is 482 g/mol. The van der Waals surface area contributed by atoms with Gasteiger partial charge in [0.05, 0.1) is 19.7 Å². The van der Waals surface area contributed by atoms with Gasteiger partial charge in [-0.3, -0.25) is 9.59 Å². The van der Waals surface area contributed by atoms with Crippen LogP contribution < -0.4 is 14.8 Å². The number of halogens is 2. The van der Waals surface area contributed by atoms with E-state index in [1.54, 1.807) is 36.4 Å². The van der Waals surface area contributed by atoms with E-state index in [1.807, 2.05) is 0 Å². The van der Waals surface area contributed by atoms with Crippen LogP contribution in [0.5, 0.6) is 11.5 Å². The predicted molar refractivity (Wildman–Crippen MR) is 121 cm³/mol. The molecule has 1 amide bonds. The van der Waals surface area contributed by atoms with E-state index in [4.69, 9.17) is 37.8 Å². The van der Waals surface area contributed by atoms with Crippen LogP contribution in [-0.2, 0) is 16.2 Å². The van der Waals surface area contributed by atoms with Gasteiger partial charge in [0.25, 0.3) is 0 Å². The molecule has 8 nitrogen and oxygen atoms in total. The van der Waals surface area contributed by atoms with E-state index < -0.39 is 17.1 Å². The van der Waals surface area contributed by atoms with Gasteiger partial charge in [0.1, 0.15) is 11.9 Å². The highest BCUT2D eigenvalue weighted by atomic mass is 35.5. The molecule has 162 valence electrons. The van der Waals surface area contributed by atoms with Crippen molar-refractivity contribution in [2.24, 2.45) is 10.2 Å². The van der Waals surface area contributed by atoms with Gasteiger partial charge in [0.15, 0.2) is 16.7 Å². The number of nitrogens with one attached hydrogen (secondary N) is 1. The topological polar surface area (TPSA) is 110 Å². The normalized spacial score (nSPS) is 17.2. The van der Waals surface area contributed by atoms with Crippen molar-refractivity contribution in [3.8, 4) is 11.5 Å². The minimum atomic E-state index is -1.05. The molecule has 1 aliphatic rings. The number of carboxylic acids is 1. The molecular weight excluding hydrogens is 465 g/mol. The summed E-state index contributed by atoms with van der Waals surface area (Å²) in [5.74, 6) is -0.441. The first-order valence-electron chi connectivity index (χ1n) is 8.91. The fraction of sp³-hybridized carbons (Fsp3) is 0.200. The highest BCUT2D eigenvalue weighted by molar-refractivity contribution is 8.15. The van der Waals surface area contributed by atoms with Gasteiger partial charge >= 0.3 is 5.97 Å². The van der Waals surface area contributed by atoms with Gasteiger partial charge in [-0.05, 0) is 35.9 Å². The molecule has 1 fully saturated rings. The number of carboxylic acid groups (broad SMARTS) is 1. The lowest BCUT2D eigenvalue weighted by Crippen LogP contribution is -2.26. The van der Waals surface area contributed by atoms with Crippen LogP contribution in [0.4, 0.5) is 0 Å². The second-order valence-corrected chi connectivity index (χ2v) is 8.31. The van der Waals surface area contributed by atoms with E-state index in [-0.39, 0.29) is 18.2 Å². The van der Waals surface area contributed by atoms with Gasteiger partial charge in [-0.25, -0.2) is 0 Å². The smallest absolute Gasteiger partial charge is 0.305 e. The van der Waals surface area contributed by atoms with Gasteiger partial charge in [-0.2, -0.15) is 5.10 Å². The molecule has 0 radical (unpaired) electrons. The van der Waals surface area contributed by atoms with Crippen LogP contribution in [-0.4, -0.2) is 40.7 Å². The number of carbonyl (C=O) groups excluding carboxylic acids is 1. The van der Waals surface area contributed by atoms with Crippen molar-refractivity contribution in [1.29, 1.82) is 0 Å². The molecular formula is C20H17Cl2N3O5S. The maximum atomic E-state index is 11.7. The number of methoxy groups -OCH3 is 1. The lowest BCUT2D eigenvalue weighted by atomic mass is 10.2. The fourth-order valence-electron chi connectivity index (χ4n) is 2.57. The van der Waals surface area contributed by atoms with E-state index in [2.05, 4.69) is 15.5 Å². The summed E-state index contributed by atoms with van der Waals surface area (Å²) in [6.07, 6.45) is 1.20. The summed E-state index contributed by atoms with van der Waals surface area (Å²) in [5.41, 5.74) is 1.45. The maximum absolute atomic E-state index is 11.7. The van der Waals surface area contributed by atoms with Crippen LogP contribution in [0.1, 0.15) is 17.5 Å². The van der Waals surface area contributed by atoms with Crippen molar-refractivity contribution in [2.75, 3.05) is 7.11 Å². The molecule has 31 heavy (non-hydrogen) atoms. The first kappa shape index (κ1) is 22.9. The number of thioether (sulfide) groups is 1. The number of amidine groups is 1. The first-order chi connectivity index (χ1) is 14.9. The van der Waals surface area contributed by atoms with Gasteiger partial charge in [-0.1, -0.05) is 41.0 Å². The maximum Gasteiger partial charge on any atom is 0.305 e. The number of ether oxygens (including phenoxy) is 2. The molecule has 2 aromatic carbocycles. The SMILES string of the molecule is COc1ccc(/C=N/N=C2NC(=O)C(CC(=O)O)S2)cc1OCc1ccc(Cl)cc1Cl. The first-order valence-corrected chi connectivity index (χ1v) is 10.5. The number of nitrogens with zero attached hydrogens (tertiary/aromatic N) is 2. The highest BCUT2D eigenvalue weighted by Gasteiger charge is 2.32. The summed E-state index contributed by atoms with van der Waals surface area (Å²) in [4.78, 5) is 22.5. The Kier molecular flexibility index (Phi) is 7.78. The molecule has 0 saturated carbocycles. The molecule has 11 heteroatoms.